The molecule has 0 radical (unpaired) electrons. The summed E-state index contributed by atoms with van der Waals surface area (Å²) < 4.78 is 36.3. The lowest BCUT2D eigenvalue weighted by Crippen LogP contribution is -2.40. The summed E-state index contributed by atoms with van der Waals surface area (Å²) in [4.78, 5) is 13.4. The zero-order valence-corrected chi connectivity index (χ0v) is 13.9. The molecule has 5 nitrogen and oxygen atoms in total. The largest absolute Gasteiger partial charge is 0.492 e. The van der Waals surface area contributed by atoms with Crippen LogP contribution in [0, 0.1) is 11.6 Å². The predicted molar refractivity (Wildman–Crippen MR) is 89.8 cm³/mol. The van der Waals surface area contributed by atoms with E-state index in [1.54, 1.807) is 7.05 Å². The van der Waals surface area contributed by atoms with Gasteiger partial charge in [0, 0.05) is 7.05 Å². The van der Waals surface area contributed by atoms with Gasteiger partial charge in [-0.15, -0.1) is 0 Å². The average Bonchev–Trinajstić information content (AvgIpc) is 2.61. The zero-order valence-electron chi connectivity index (χ0n) is 13.9. The second kappa shape index (κ2) is 9.46. The van der Waals surface area contributed by atoms with E-state index in [0.29, 0.717) is 31.2 Å². The van der Waals surface area contributed by atoms with Gasteiger partial charge in [0.25, 0.3) is 0 Å². The molecule has 2 aromatic carbocycles. The third-order valence-corrected chi connectivity index (χ3v) is 3.32. The number of ether oxygens (including phenoxy) is 2. The Hall–Kier alpha value is -2.83. The molecule has 0 aliphatic heterocycles. The van der Waals surface area contributed by atoms with Crippen LogP contribution in [0.3, 0.4) is 0 Å². The van der Waals surface area contributed by atoms with Gasteiger partial charge in [-0.1, -0.05) is 0 Å². The molecule has 2 rings (SSSR count). The van der Waals surface area contributed by atoms with Crippen molar-refractivity contribution in [2.75, 3.05) is 33.4 Å². The van der Waals surface area contributed by atoms with Gasteiger partial charge in [-0.3, -0.25) is 0 Å². The van der Waals surface area contributed by atoms with E-state index in [2.05, 4.69) is 5.32 Å². The number of carbonyl (C=O) groups is 1. The molecule has 0 heterocycles. The SMILES string of the molecule is CN(CCOc1ccc(F)cc1)C(=O)NCCOc1ccc(F)cc1. The molecule has 0 aromatic heterocycles. The van der Waals surface area contributed by atoms with Crippen LogP contribution in [0.25, 0.3) is 0 Å². The first-order valence-electron chi connectivity index (χ1n) is 7.80. The van der Waals surface area contributed by atoms with Crippen molar-refractivity contribution in [2.24, 2.45) is 0 Å². The van der Waals surface area contributed by atoms with Crippen LogP contribution < -0.4 is 14.8 Å². The molecule has 2 aromatic rings. The Balaban J connectivity index is 1.59. The minimum Gasteiger partial charge on any atom is -0.492 e. The van der Waals surface area contributed by atoms with Crippen LogP contribution in [0.5, 0.6) is 11.5 Å². The predicted octanol–water partition coefficient (Wildman–Crippen LogP) is 3.06. The number of nitrogens with zero attached hydrogens (tertiary/aromatic N) is 1. The molecule has 134 valence electrons. The molecule has 0 aliphatic carbocycles. The van der Waals surface area contributed by atoms with Crippen LogP contribution in [0.4, 0.5) is 13.6 Å². The Kier molecular flexibility index (Phi) is 7.00. The zero-order chi connectivity index (χ0) is 18.1. The molecule has 0 atom stereocenters. The number of carbonyl (C=O) groups excluding carboxylic acids is 1. The smallest absolute Gasteiger partial charge is 0.317 e. The monoisotopic (exact) mass is 350 g/mol. The lowest BCUT2D eigenvalue weighted by molar-refractivity contribution is 0.192. The van der Waals surface area contributed by atoms with Gasteiger partial charge < -0.3 is 19.7 Å². The van der Waals surface area contributed by atoms with Gasteiger partial charge >= 0.3 is 6.03 Å². The molecule has 2 amide bonds. The Morgan fingerprint density at radius 3 is 1.92 bits per heavy atom. The number of urea groups is 1. The summed E-state index contributed by atoms with van der Waals surface area (Å²) in [7, 11) is 1.64. The minimum atomic E-state index is -0.329. The summed E-state index contributed by atoms with van der Waals surface area (Å²) in [6.07, 6.45) is 0. The number of halogens is 2. The number of amides is 2. The number of hydrogen-bond donors (Lipinski definition) is 1. The van der Waals surface area contributed by atoms with Crippen molar-refractivity contribution in [1.82, 2.24) is 10.2 Å². The van der Waals surface area contributed by atoms with Crippen LogP contribution in [0.15, 0.2) is 48.5 Å². The van der Waals surface area contributed by atoms with E-state index >= 15 is 0 Å². The lowest BCUT2D eigenvalue weighted by atomic mass is 10.3. The van der Waals surface area contributed by atoms with E-state index in [9.17, 15) is 13.6 Å². The summed E-state index contributed by atoms with van der Waals surface area (Å²) in [6.45, 7) is 1.26. The second-order valence-electron chi connectivity index (χ2n) is 5.26. The van der Waals surface area contributed by atoms with Crippen molar-refractivity contribution in [1.29, 1.82) is 0 Å². The standard InChI is InChI=1S/C18H20F2N2O3/c1-22(11-13-25-17-8-4-15(20)5-9-17)18(23)21-10-12-24-16-6-2-14(19)3-7-16/h2-9H,10-13H2,1H3,(H,21,23). The summed E-state index contributed by atoms with van der Waals surface area (Å²) in [6, 6.07) is 11.1. The maximum Gasteiger partial charge on any atom is 0.317 e. The van der Waals surface area contributed by atoms with Crippen molar-refractivity contribution < 1.29 is 23.0 Å². The van der Waals surface area contributed by atoms with Crippen LogP contribution in [0.1, 0.15) is 0 Å². The van der Waals surface area contributed by atoms with Crippen molar-refractivity contribution in [3.8, 4) is 11.5 Å². The third-order valence-electron chi connectivity index (χ3n) is 3.32. The first kappa shape index (κ1) is 18.5. The average molecular weight is 350 g/mol. The fourth-order valence-electron chi connectivity index (χ4n) is 1.93. The number of nitrogens with one attached hydrogen (secondary N) is 1. The maximum atomic E-state index is 12.8. The van der Waals surface area contributed by atoms with Gasteiger partial charge in [-0.25, -0.2) is 13.6 Å². The molecular formula is C18H20F2N2O3. The number of hydrogen-bond acceptors (Lipinski definition) is 3. The molecule has 0 spiro atoms. The van der Waals surface area contributed by atoms with E-state index < -0.39 is 0 Å². The van der Waals surface area contributed by atoms with Gasteiger partial charge in [0.05, 0.1) is 13.1 Å². The van der Waals surface area contributed by atoms with E-state index in [0.717, 1.165) is 0 Å². The quantitative estimate of drug-likeness (QED) is 0.745. The fourth-order valence-corrected chi connectivity index (χ4v) is 1.93. The summed E-state index contributed by atoms with van der Waals surface area (Å²) in [5.41, 5.74) is 0. The van der Waals surface area contributed by atoms with Crippen molar-refractivity contribution in [3.05, 3.63) is 60.2 Å². The maximum absolute atomic E-state index is 12.8. The summed E-state index contributed by atoms with van der Waals surface area (Å²) >= 11 is 0. The van der Waals surface area contributed by atoms with Gasteiger partial charge in [0.2, 0.25) is 0 Å². The van der Waals surface area contributed by atoms with E-state index in [-0.39, 0.29) is 24.3 Å². The van der Waals surface area contributed by atoms with Crippen molar-refractivity contribution in [3.63, 3.8) is 0 Å². The minimum absolute atomic E-state index is 0.259. The first-order valence-corrected chi connectivity index (χ1v) is 7.80. The van der Waals surface area contributed by atoms with Crippen molar-refractivity contribution in [2.45, 2.75) is 0 Å². The number of rotatable bonds is 8. The Bertz CT molecular complexity index is 663. The second-order valence-corrected chi connectivity index (χ2v) is 5.26. The molecule has 0 saturated heterocycles. The molecule has 0 bridgehead atoms. The lowest BCUT2D eigenvalue weighted by Gasteiger charge is -2.18. The van der Waals surface area contributed by atoms with E-state index in [1.807, 2.05) is 0 Å². The topological polar surface area (TPSA) is 50.8 Å². The van der Waals surface area contributed by atoms with Gasteiger partial charge in [-0.05, 0) is 48.5 Å². The first-order chi connectivity index (χ1) is 12.0. The normalized spacial score (nSPS) is 10.2. The van der Waals surface area contributed by atoms with Crippen LogP contribution in [-0.4, -0.2) is 44.3 Å². The highest BCUT2D eigenvalue weighted by Crippen LogP contribution is 2.11. The molecule has 0 aliphatic rings. The van der Waals surface area contributed by atoms with Gasteiger partial charge in [0.15, 0.2) is 0 Å². The van der Waals surface area contributed by atoms with Gasteiger partial charge in [-0.2, -0.15) is 0 Å². The highest BCUT2D eigenvalue weighted by atomic mass is 19.1. The summed E-state index contributed by atoms with van der Waals surface area (Å²) in [5, 5.41) is 2.70. The van der Waals surface area contributed by atoms with E-state index in [1.165, 1.54) is 53.4 Å². The van der Waals surface area contributed by atoms with Gasteiger partial charge in [0.1, 0.15) is 36.3 Å². The molecule has 0 fully saturated rings. The third kappa shape index (κ3) is 6.66. The van der Waals surface area contributed by atoms with Crippen molar-refractivity contribution >= 4 is 6.03 Å². The molecule has 25 heavy (non-hydrogen) atoms. The van der Waals surface area contributed by atoms with E-state index in [4.69, 9.17) is 9.47 Å². The molecular weight excluding hydrogens is 330 g/mol. The molecule has 7 heteroatoms. The Labute approximate surface area is 145 Å². The molecule has 0 saturated carbocycles. The summed E-state index contributed by atoms with van der Waals surface area (Å²) in [5.74, 6) is 0.427. The van der Waals surface area contributed by atoms with Crippen LogP contribution in [-0.2, 0) is 0 Å². The Morgan fingerprint density at radius 2 is 1.40 bits per heavy atom. The number of likely N-dealkylation sites (N-methyl/N-ethyl adjacent to an activating group) is 1. The highest BCUT2D eigenvalue weighted by molar-refractivity contribution is 5.73. The fraction of sp³-hybridized carbons (Fsp3) is 0.278. The molecule has 0 unspecified atom stereocenters. The molecule has 1 N–H and O–H groups in total. The van der Waals surface area contributed by atoms with Crippen LogP contribution in [0.2, 0.25) is 0 Å². The Morgan fingerprint density at radius 1 is 0.920 bits per heavy atom. The van der Waals surface area contributed by atoms with Crippen LogP contribution >= 0.6 is 0 Å². The number of benzene rings is 2. The highest BCUT2D eigenvalue weighted by Gasteiger charge is 2.07.